The molecule has 72 valence electrons. The quantitative estimate of drug-likeness (QED) is 0.473. The summed E-state index contributed by atoms with van der Waals surface area (Å²) in [5, 5.41) is 9.56. The molecule has 0 aromatic rings. The lowest BCUT2D eigenvalue weighted by molar-refractivity contribution is -0.311. The van der Waals surface area contributed by atoms with Gasteiger partial charge in [-0.05, 0) is 6.92 Å². The van der Waals surface area contributed by atoms with Crippen LogP contribution in [0.5, 0.6) is 0 Å². The van der Waals surface area contributed by atoms with Gasteiger partial charge in [-0.25, -0.2) is 4.39 Å². The average Bonchev–Trinajstić information content (AvgIpc) is 1.79. The molecule has 0 aliphatic heterocycles. The predicted octanol–water partition coefficient (Wildman–Crippen LogP) is 0.635. The van der Waals surface area contributed by atoms with Crippen LogP contribution in [-0.2, 0) is 4.74 Å². The van der Waals surface area contributed by atoms with Crippen molar-refractivity contribution in [3.63, 3.8) is 0 Å². The van der Waals surface area contributed by atoms with Crippen LogP contribution in [0.2, 0.25) is 0 Å². The van der Waals surface area contributed by atoms with Crippen LogP contribution in [0.3, 0.4) is 0 Å². The third-order valence-corrected chi connectivity index (χ3v) is 0.963. The Morgan fingerprint density at radius 3 is 2.00 bits per heavy atom. The van der Waals surface area contributed by atoms with Crippen LogP contribution in [-0.4, -0.2) is 24.6 Å². The van der Waals surface area contributed by atoms with Gasteiger partial charge in [-0.2, -0.15) is 13.2 Å². The Kier molecular flexibility index (Phi) is 3.29. The lowest BCUT2D eigenvalue weighted by Crippen LogP contribution is -2.43. The summed E-state index contributed by atoms with van der Waals surface area (Å²) in [6.07, 6.45) is -12.9. The highest BCUT2D eigenvalue weighted by molar-refractivity contribution is 5.54. The fourth-order valence-corrected chi connectivity index (χ4v) is 0.525. The highest BCUT2D eigenvalue weighted by Gasteiger charge is 2.43. The number of hydrogen-bond donors (Lipinski definition) is 0. The van der Waals surface area contributed by atoms with Gasteiger partial charge >= 0.3 is 6.18 Å². The van der Waals surface area contributed by atoms with Gasteiger partial charge in [-0.15, -0.1) is 0 Å². The van der Waals surface area contributed by atoms with Gasteiger partial charge in [0.1, 0.15) is 6.17 Å². The topological polar surface area (TPSA) is 49.4 Å². The standard InChI is InChI=1S/C5H6F4O3/c1-2(6)3(5(7,8)9)12-4(10)11/h2-3H,1H3,(H,10,11)/p-1. The minimum atomic E-state index is -5.05. The summed E-state index contributed by atoms with van der Waals surface area (Å²) in [4.78, 5) is 9.56. The van der Waals surface area contributed by atoms with Crippen molar-refractivity contribution < 1.29 is 32.2 Å². The maximum atomic E-state index is 12.1. The third-order valence-electron chi connectivity index (χ3n) is 0.963. The summed E-state index contributed by atoms with van der Waals surface area (Å²) in [7, 11) is 0. The molecule has 0 fully saturated rings. The first-order valence-electron chi connectivity index (χ1n) is 2.83. The molecule has 0 aliphatic carbocycles. The molecule has 0 spiro atoms. The number of hydrogen-bond acceptors (Lipinski definition) is 3. The highest BCUT2D eigenvalue weighted by Crippen LogP contribution is 2.26. The molecule has 2 atom stereocenters. The number of carbonyl (C=O) groups excluding carboxylic acids is 1. The Labute approximate surface area is 64.9 Å². The molecule has 0 radical (unpaired) electrons. The summed E-state index contributed by atoms with van der Waals surface area (Å²) in [5.41, 5.74) is 0. The minimum absolute atomic E-state index is 0.543. The zero-order valence-corrected chi connectivity index (χ0v) is 5.89. The predicted molar refractivity (Wildman–Crippen MR) is 26.9 cm³/mol. The van der Waals surface area contributed by atoms with Crippen LogP contribution >= 0.6 is 0 Å². The van der Waals surface area contributed by atoms with Gasteiger partial charge in [0.25, 0.3) is 6.16 Å². The maximum absolute atomic E-state index is 12.1. The second-order valence-electron chi connectivity index (χ2n) is 2.01. The van der Waals surface area contributed by atoms with E-state index in [0.29, 0.717) is 6.92 Å². The largest absolute Gasteiger partial charge is 0.534 e. The van der Waals surface area contributed by atoms with E-state index in [2.05, 4.69) is 4.74 Å². The van der Waals surface area contributed by atoms with Gasteiger partial charge in [0.2, 0.25) is 0 Å². The van der Waals surface area contributed by atoms with Gasteiger partial charge in [-0.3, -0.25) is 0 Å². The second kappa shape index (κ2) is 3.59. The van der Waals surface area contributed by atoms with Crippen LogP contribution in [0.25, 0.3) is 0 Å². The summed E-state index contributed by atoms with van der Waals surface area (Å²) in [5.74, 6) is 0. The summed E-state index contributed by atoms with van der Waals surface area (Å²) >= 11 is 0. The van der Waals surface area contributed by atoms with Crippen molar-refractivity contribution in [1.82, 2.24) is 0 Å². The Hall–Kier alpha value is -1.01. The first-order valence-corrected chi connectivity index (χ1v) is 2.83. The number of carboxylic acid groups (broad SMARTS) is 1. The molecule has 0 saturated heterocycles. The summed E-state index contributed by atoms with van der Waals surface area (Å²) < 4.78 is 50.3. The van der Waals surface area contributed by atoms with Gasteiger partial charge < -0.3 is 14.6 Å². The van der Waals surface area contributed by atoms with Gasteiger partial charge in [0.15, 0.2) is 6.10 Å². The number of carbonyl (C=O) groups is 1. The Morgan fingerprint density at radius 1 is 1.50 bits per heavy atom. The van der Waals surface area contributed by atoms with Crippen LogP contribution in [0.15, 0.2) is 0 Å². The van der Waals surface area contributed by atoms with Gasteiger partial charge in [0, 0.05) is 0 Å². The van der Waals surface area contributed by atoms with E-state index in [-0.39, 0.29) is 0 Å². The Balaban J connectivity index is 4.35. The fourth-order valence-electron chi connectivity index (χ4n) is 0.525. The number of alkyl halides is 4. The minimum Gasteiger partial charge on any atom is -0.534 e. The zero-order valence-electron chi connectivity index (χ0n) is 5.89. The Morgan fingerprint density at radius 2 is 1.92 bits per heavy atom. The van der Waals surface area contributed by atoms with Crippen molar-refractivity contribution in [2.75, 3.05) is 0 Å². The van der Waals surface area contributed by atoms with Crippen molar-refractivity contribution in [2.45, 2.75) is 25.4 Å². The van der Waals surface area contributed by atoms with E-state index in [1.807, 2.05) is 0 Å². The molecule has 0 bridgehead atoms. The number of rotatable bonds is 2. The van der Waals surface area contributed by atoms with Crippen LogP contribution in [0, 0.1) is 0 Å². The molecule has 0 aliphatic rings. The molecule has 0 heterocycles. The molecule has 2 unspecified atom stereocenters. The molecule has 0 aromatic heterocycles. The van der Waals surface area contributed by atoms with E-state index < -0.39 is 24.6 Å². The SMILES string of the molecule is CC(F)C(OC(=O)[O-])C(F)(F)F. The first kappa shape index (κ1) is 11.0. The van der Waals surface area contributed by atoms with Crippen molar-refractivity contribution in [3.8, 4) is 0 Å². The molecule has 0 aromatic carbocycles. The monoisotopic (exact) mass is 189 g/mol. The van der Waals surface area contributed by atoms with E-state index in [1.165, 1.54) is 0 Å². The molecular formula is C5H5F4O3-. The molecular weight excluding hydrogens is 184 g/mol. The first-order chi connectivity index (χ1) is 5.25. The van der Waals surface area contributed by atoms with E-state index in [9.17, 15) is 27.5 Å². The molecule has 0 N–H and O–H groups in total. The van der Waals surface area contributed by atoms with E-state index >= 15 is 0 Å². The molecule has 0 amide bonds. The van der Waals surface area contributed by atoms with E-state index in [0.717, 1.165) is 0 Å². The fraction of sp³-hybridized carbons (Fsp3) is 0.800. The zero-order chi connectivity index (χ0) is 9.94. The summed E-state index contributed by atoms with van der Waals surface area (Å²) in [6.45, 7) is 0.543. The van der Waals surface area contributed by atoms with Crippen molar-refractivity contribution in [3.05, 3.63) is 0 Å². The maximum Gasteiger partial charge on any atom is 0.411 e. The van der Waals surface area contributed by atoms with Crippen molar-refractivity contribution in [1.29, 1.82) is 0 Å². The van der Waals surface area contributed by atoms with Crippen LogP contribution < -0.4 is 5.11 Å². The number of ether oxygens (including phenoxy) is 1. The normalized spacial score (nSPS) is 16.8. The number of halogens is 4. The van der Waals surface area contributed by atoms with Crippen molar-refractivity contribution in [2.24, 2.45) is 0 Å². The van der Waals surface area contributed by atoms with Gasteiger partial charge in [-0.1, -0.05) is 0 Å². The molecule has 3 nitrogen and oxygen atoms in total. The highest BCUT2D eigenvalue weighted by atomic mass is 19.4. The van der Waals surface area contributed by atoms with Gasteiger partial charge in [0.05, 0.1) is 0 Å². The molecule has 7 heteroatoms. The van der Waals surface area contributed by atoms with Crippen LogP contribution in [0.1, 0.15) is 6.92 Å². The molecule has 0 rings (SSSR count). The lowest BCUT2D eigenvalue weighted by atomic mass is 10.2. The van der Waals surface area contributed by atoms with E-state index in [1.54, 1.807) is 0 Å². The molecule has 0 saturated carbocycles. The third kappa shape index (κ3) is 3.40. The second-order valence-corrected chi connectivity index (χ2v) is 2.01. The molecule has 12 heavy (non-hydrogen) atoms. The van der Waals surface area contributed by atoms with E-state index in [4.69, 9.17) is 0 Å². The van der Waals surface area contributed by atoms with Crippen molar-refractivity contribution >= 4 is 6.16 Å². The van der Waals surface area contributed by atoms with Crippen LogP contribution in [0.4, 0.5) is 22.4 Å². The average molecular weight is 189 g/mol. The summed E-state index contributed by atoms with van der Waals surface area (Å²) in [6, 6.07) is 0. The Bertz CT molecular complexity index is 165. The smallest absolute Gasteiger partial charge is 0.411 e. The lowest BCUT2D eigenvalue weighted by Gasteiger charge is -2.25.